The van der Waals surface area contributed by atoms with Crippen LogP contribution in [0.25, 0.3) is 0 Å². The largest absolute Gasteiger partial charge is 0.443 e. The fraction of sp³-hybridized carbons (Fsp3) is 0.364. The zero-order valence-corrected chi connectivity index (χ0v) is 17.7. The van der Waals surface area contributed by atoms with Crippen molar-refractivity contribution in [3.8, 4) is 0 Å². The molecule has 1 saturated heterocycles. The van der Waals surface area contributed by atoms with E-state index in [1.807, 2.05) is 31.2 Å². The maximum absolute atomic E-state index is 13.0. The van der Waals surface area contributed by atoms with Gasteiger partial charge >= 0.3 is 5.69 Å². The Labute approximate surface area is 179 Å². The molecule has 7 nitrogen and oxygen atoms in total. The smallest absolute Gasteiger partial charge is 0.348 e. The summed E-state index contributed by atoms with van der Waals surface area (Å²) in [6.45, 7) is 4.15. The second-order valence-corrected chi connectivity index (χ2v) is 8.06. The number of likely N-dealkylation sites (tertiary alicyclic amines) is 1. The topological polar surface area (TPSA) is 81.2 Å². The molecule has 2 aromatic heterocycles. The zero-order valence-electron chi connectivity index (χ0n) is 17.0. The Balaban J connectivity index is 1.48. The first kappa shape index (κ1) is 20.3. The van der Waals surface area contributed by atoms with E-state index in [0.29, 0.717) is 29.6 Å². The van der Waals surface area contributed by atoms with Crippen LogP contribution in [-0.2, 0) is 17.8 Å². The number of hydrogen-bond donors (Lipinski definition) is 0. The molecule has 1 aliphatic rings. The molecule has 1 fully saturated rings. The van der Waals surface area contributed by atoms with Gasteiger partial charge in [-0.3, -0.25) is 9.36 Å². The van der Waals surface area contributed by atoms with Gasteiger partial charge in [-0.25, -0.2) is 9.78 Å². The highest BCUT2D eigenvalue weighted by molar-refractivity contribution is 6.30. The van der Waals surface area contributed by atoms with Gasteiger partial charge in [0.05, 0.1) is 6.20 Å². The van der Waals surface area contributed by atoms with Crippen LogP contribution >= 0.6 is 11.6 Å². The van der Waals surface area contributed by atoms with Crippen molar-refractivity contribution in [3.63, 3.8) is 0 Å². The van der Waals surface area contributed by atoms with E-state index in [9.17, 15) is 9.59 Å². The number of carbonyl (C=O) groups excluding carboxylic acids is 1. The zero-order chi connectivity index (χ0) is 21.3. The monoisotopic (exact) mass is 426 g/mol. The molecule has 1 atom stereocenters. The Kier molecular flexibility index (Phi) is 5.72. The van der Waals surface area contributed by atoms with Crippen LogP contribution in [0.1, 0.15) is 47.5 Å². The number of amides is 1. The van der Waals surface area contributed by atoms with Crippen molar-refractivity contribution in [3.05, 3.63) is 80.6 Å². The first-order chi connectivity index (χ1) is 14.4. The lowest BCUT2D eigenvalue weighted by Gasteiger charge is -2.23. The summed E-state index contributed by atoms with van der Waals surface area (Å²) in [6.07, 6.45) is 3.97. The first-order valence-corrected chi connectivity index (χ1v) is 10.3. The minimum atomic E-state index is -0.405. The highest BCUT2D eigenvalue weighted by atomic mass is 35.5. The average Bonchev–Trinajstić information content (AvgIpc) is 3.35. The molecule has 3 heterocycles. The van der Waals surface area contributed by atoms with Crippen molar-refractivity contribution in [1.29, 1.82) is 0 Å². The number of halogens is 1. The molecule has 0 unspecified atom stereocenters. The Morgan fingerprint density at radius 2 is 2.03 bits per heavy atom. The number of nitrogens with zero attached hydrogens (tertiary/aromatic N) is 4. The van der Waals surface area contributed by atoms with Crippen LogP contribution in [0.5, 0.6) is 0 Å². The lowest BCUT2D eigenvalue weighted by atomic mass is 10.1. The number of benzene rings is 1. The molecule has 4 rings (SSSR count). The van der Waals surface area contributed by atoms with Gasteiger partial charge < -0.3 is 9.32 Å². The van der Waals surface area contributed by atoms with Crippen LogP contribution < -0.4 is 5.69 Å². The number of aromatic nitrogens is 3. The Bertz CT molecular complexity index is 1120. The fourth-order valence-corrected chi connectivity index (χ4v) is 4.00. The van der Waals surface area contributed by atoms with Crippen LogP contribution in [0.4, 0.5) is 0 Å². The van der Waals surface area contributed by atoms with E-state index in [1.165, 1.54) is 4.57 Å². The van der Waals surface area contributed by atoms with Crippen molar-refractivity contribution in [2.24, 2.45) is 0 Å². The maximum atomic E-state index is 13.0. The highest BCUT2D eigenvalue weighted by Crippen LogP contribution is 2.32. The average molecular weight is 427 g/mol. The van der Waals surface area contributed by atoms with E-state index >= 15 is 0 Å². The van der Waals surface area contributed by atoms with E-state index in [2.05, 4.69) is 9.97 Å². The van der Waals surface area contributed by atoms with E-state index in [1.54, 1.807) is 24.1 Å². The summed E-state index contributed by atoms with van der Waals surface area (Å²) in [6, 6.07) is 9.17. The molecule has 1 aromatic carbocycles. The van der Waals surface area contributed by atoms with Crippen molar-refractivity contribution >= 4 is 17.5 Å². The van der Waals surface area contributed by atoms with E-state index < -0.39 is 5.69 Å². The van der Waals surface area contributed by atoms with Gasteiger partial charge in [0.15, 0.2) is 0 Å². The molecular formula is C22H23ClN4O3. The molecule has 0 radical (unpaired) electrons. The van der Waals surface area contributed by atoms with E-state index in [0.717, 1.165) is 29.9 Å². The van der Waals surface area contributed by atoms with Crippen LogP contribution in [0, 0.1) is 13.8 Å². The number of oxazole rings is 1. The summed E-state index contributed by atoms with van der Waals surface area (Å²) in [5.74, 6) is 1.14. The van der Waals surface area contributed by atoms with Crippen LogP contribution in [0.3, 0.4) is 0 Å². The lowest BCUT2D eigenvalue weighted by Crippen LogP contribution is -2.37. The minimum Gasteiger partial charge on any atom is -0.443 e. The van der Waals surface area contributed by atoms with Crippen LogP contribution in [-0.4, -0.2) is 31.9 Å². The molecule has 0 saturated carbocycles. The van der Waals surface area contributed by atoms with Gasteiger partial charge in [0.2, 0.25) is 11.8 Å². The minimum absolute atomic E-state index is 0.0349. The summed E-state index contributed by atoms with van der Waals surface area (Å²) in [4.78, 5) is 35.3. The number of rotatable bonds is 5. The van der Waals surface area contributed by atoms with Gasteiger partial charge in [0.25, 0.3) is 0 Å². The van der Waals surface area contributed by atoms with Gasteiger partial charge in [-0.2, -0.15) is 4.98 Å². The van der Waals surface area contributed by atoms with Crippen molar-refractivity contribution in [2.45, 2.75) is 45.7 Å². The summed E-state index contributed by atoms with van der Waals surface area (Å²) in [5.41, 5.74) is 2.03. The normalized spacial score (nSPS) is 16.2. The standard InChI is InChI=1S/C22H23ClN4O3/c1-14-10-15(2)27(22(29)25-14)13-20(28)26-9-3-4-19(26)21-24-12-18(30-21)11-16-5-7-17(23)8-6-16/h5-8,10,12,19H,3-4,9,11,13H2,1-2H3/t19-/m1/s1. The van der Waals surface area contributed by atoms with Gasteiger partial charge in [-0.05, 0) is 50.5 Å². The lowest BCUT2D eigenvalue weighted by molar-refractivity contribution is -0.133. The van der Waals surface area contributed by atoms with Gasteiger partial charge in [0.1, 0.15) is 18.3 Å². The van der Waals surface area contributed by atoms with Gasteiger partial charge in [0, 0.05) is 29.4 Å². The third-order valence-corrected chi connectivity index (χ3v) is 5.61. The Morgan fingerprint density at radius 1 is 1.27 bits per heavy atom. The van der Waals surface area contributed by atoms with Crippen molar-refractivity contribution in [1.82, 2.24) is 19.4 Å². The van der Waals surface area contributed by atoms with Crippen molar-refractivity contribution < 1.29 is 9.21 Å². The molecule has 0 bridgehead atoms. The summed E-state index contributed by atoms with van der Waals surface area (Å²) < 4.78 is 7.39. The summed E-state index contributed by atoms with van der Waals surface area (Å²) >= 11 is 5.94. The van der Waals surface area contributed by atoms with Gasteiger partial charge in [-0.15, -0.1) is 0 Å². The second-order valence-electron chi connectivity index (χ2n) is 7.62. The summed E-state index contributed by atoms with van der Waals surface area (Å²) in [5, 5.41) is 0.690. The highest BCUT2D eigenvalue weighted by Gasteiger charge is 2.33. The molecule has 0 N–H and O–H groups in total. The van der Waals surface area contributed by atoms with E-state index in [-0.39, 0.29) is 18.5 Å². The molecule has 8 heteroatoms. The molecular weight excluding hydrogens is 404 g/mol. The number of aryl methyl sites for hydroxylation is 2. The SMILES string of the molecule is Cc1cc(C)n(CC(=O)N2CCC[C@@H]2c2ncc(Cc3ccc(Cl)cc3)o2)c(=O)n1. The molecule has 0 spiro atoms. The maximum Gasteiger partial charge on any atom is 0.348 e. The Hall–Kier alpha value is -2.93. The van der Waals surface area contributed by atoms with Crippen LogP contribution in [0.2, 0.25) is 5.02 Å². The third-order valence-electron chi connectivity index (χ3n) is 5.36. The second kappa shape index (κ2) is 8.44. The van der Waals surface area contributed by atoms with Crippen LogP contribution in [0.15, 0.2) is 45.7 Å². The Morgan fingerprint density at radius 3 is 2.77 bits per heavy atom. The first-order valence-electron chi connectivity index (χ1n) is 9.94. The molecule has 1 aliphatic heterocycles. The molecule has 30 heavy (non-hydrogen) atoms. The van der Waals surface area contributed by atoms with Crippen molar-refractivity contribution in [2.75, 3.05) is 6.54 Å². The molecule has 1 amide bonds. The van der Waals surface area contributed by atoms with E-state index in [4.69, 9.17) is 16.0 Å². The van der Waals surface area contributed by atoms with Gasteiger partial charge in [-0.1, -0.05) is 23.7 Å². The number of hydrogen-bond acceptors (Lipinski definition) is 5. The predicted octanol–water partition coefficient (Wildman–Crippen LogP) is 3.46. The third kappa shape index (κ3) is 4.31. The molecule has 0 aliphatic carbocycles. The number of carbonyl (C=O) groups is 1. The fourth-order valence-electron chi connectivity index (χ4n) is 3.88. The summed E-state index contributed by atoms with van der Waals surface area (Å²) in [7, 11) is 0. The molecule has 156 valence electrons. The quantitative estimate of drug-likeness (QED) is 0.624. The molecule has 3 aromatic rings. The predicted molar refractivity (Wildman–Crippen MR) is 112 cm³/mol.